The Hall–Kier alpha value is -3.16. The van der Waals surface area contributed by atoms with Gasteiger partial charge >= 0.3 is 12.2 Å². The SMILES string of the molecule is CC(C)(CO)NC(=O)NCc1ccc(C(=O)Nc2ccc(Cl)cc2N2CCN(CCC(F)(F)F)CC2)c(F)c1F. The second kappa shape index (κ2) is 13.0. The van der Waals surface area contributed by atoms with Crippen LogP contribution in [0.25, 0.3) is 0 Å². The van der Waals surface area contributed by atoms with E-state index >= 15 is 0 Å². The lowest BCUT2D eigenvalue weighted by Gasteiger charge is -2.37. The average molecular weight is 592 g/mol. The molecule has 3 amide bonds. The first-order chi connectivity index (χ1) is 18.7. The zero-order chi connectivity index (χ0) is 29.7. The summed E-state index contributed by atoms with van der Waals surface area (Å²) in [5, 5.41) is 17.0. The van der Waals surface area contributed by atoms with E-state index in [4.69, 9.17) is 11.6 Å². The number of urea groups is 1. The number of hydrogen-bond donors (Lipinski definition) is 4. The first-order valence-corrected chi connectivity index (χ1v) is 12.9. The highest BCUT2D eigenvalue weighted by atomic mass is 35.5. The molecule has 0 radical (unpaired) electrons. The number of piperazine rings is 1. The molecular weight excluding hydrogens is 561 g/mol. The van der Waals surface area contributed by atoms with Crippen molar-refractivity contribution in [2.45, 2.75) is 38.5 Å². The summed E-state index contributed by atoms with van der Waals surface area (Å²) >= 11 is 6.15. The maximum atomic E-state index is 14.9. The van der Waals surface area contributed by atoms with E-state index in [1.165, 1.54) is 18.2 Å². The number of aliphatic hydroxyl groups excluding tert-OH is 1. The number of anilines is 2. The number of rotatable bonds is 9. The lowest BCUT2D eigenvalue weighted by Crippen LogP contribution is -2.50. The standard InChI is InChI=1S/C26H31ClF5N5O3/c1-25(2,15-38)35-24(40)33-14-16-3-5-18(22(29)21(16)28)23(39)34-19-6-4-17(27)13-20(19)37-11-9-36(10-12-37)8-7-26(30,31)32/h3-6,13,38H,7-12,14-15H2,1-2H3,(H,34,39)(H2,33,35,40). The molecule has 0 spiro atoms. The first-order valence-electron chi connectivity index (χ1n) is 12.5. The van der Waals surface area contributed by atoms with Gasteiger partial charge in [-0.2, -0.15) is 13.2 Å². The van der Waals surface area contributed by atoms with Crippen LogP contribution in [0.3, 0.4) is 0 Å². The summed E-state index contributed by atoms with van der Waals surface area (Å²) in [5.41, 5.74) is -0.912. The van der Waals surface area contributed by atoms with Crippen molar-refractivity contribution in [2.24, 2.45) is 0 Å². The summed E-state index contributed by atoms with van der Waals surface area (Å²) < 4.78 is 67.3. The van der Waals surface area contributed by atoms with Crippen LogP contribution in [0.1, 0.15) is 36.2 Å². The van der Waals surface area contributed by atoms with Crippen LogP contribution in [0.4, 0.5) is 38.1 Å². The van der Waals surface area contributed by atoms with Crippen LogP contribution in [-0.2, 0) is 6.54 Å². The Kier molecular flexibility index (Phi) is 10.2. The number of halogens is 6. The van der Waals surface area contributed by atoms with E-state index in [-0.39, 0.29) is 30.9 Å². The van der Waals surface area contributed by atoms with E-state index in [2.05, 4.69) is 16.0 Å². The second-order valence-corrected chi connectivity index (χ2v) is 10.5. The molecule has 1 saturated heterocycles. The fourth-order valence-corrected chi connectivity index (χ4v) is 4.19. The summed E-state index contributed by atoms with van der Waals surface area (Å²) in [6, 6.07) is 6.16. The van der Waals surface area contributed by atoms with Gasteiger partial charge in [0.1, 0.15) is 0 Å². The molecule has 220 valence electrons. The van der Waals surface area contributed by atoms with Gasteiger partial charge in [0, 0.05) is 49.9 Å². The first kappa shape index (κ1) is 31.4. The van der Waals surface area contributed by atoms with E-state index < -0.39 is 47.3 Å². The van der Waals surface area contributed by atoms with E-state index in [0.717, 1.165) is 6.07 Å². The molecule has 1 aliphatic rings. The minimum absolute atomic E-state index is 0.113. The number of benzene rings is 2. The van der Waals surface area contributed by atoms with Gasteiger partial charge in [0.05, 0.1) is 35.5 Å². The molecule has 2 aromatic rings. The van der Waals surface area contributed by atoms with Crippen LogP contribution in [0.5, 0.6) is 0 Å². The summed E-state index contributed by atoms with van der Waals surface area (Å²) in [7, 11) is 0. The monoisotopic (exact) mass is 591 g/mol. The van der Waals surface area contributed by atoms with E-state index in [0.29, 0.717) is 36.9 Å². The van der Waals surface area contributed by atoms with Gasteiger partial charge in [0.25, 0.3) is 5.91 Å². The van der Waals surface area contributed by atoms with Crippen molar-refractivity contribution in [3.8, 4) is 0 Å². The summed E-state index contributed by atoms with van der Waals surface area (Å²) in [5.74, 6) is -3.63. The van der Waals surface area contributed by atoms with Gasteiger partial charge in [-0.1, -0.05) is 17.7 Å². The van der Waals surface area contributed by atoms with Crippen molar-refractivity contribution in [1.82, 2.24) is 15.5 Å². The second-order valence-electron chi connectivity index (χ2n) is 10.1. The molecule has 0 saturated carbocycles. The van der Waals surface area contributed by atoms with Gasteiger partial charge < -0.3 is 26.0 Å². The summed E-state index contributed by atoms with van der Waals surface area (Å²) in [6.07, 6.45) is -5.14. The van der Waals surface area contributed by atoms with Crippen LogP contribution in [0.2, 0.25) is 5.02 Å². The number of carbonyl (C=O) groups excluding carboxylic acids is 2. The van der Waals surface area contributed by atoms with Crippen LogP contribution < -0.4 is 20.9 Å². The molecule has 0 bridgehead atoms. The predicted octanol–water partition coefficient (Wildman–Crippen LogP) is 4.52. The van der Waals surface area contributed by atoms with Crippen molar-refractivity contribution >= 4 is 34.9 Å². The topological polar surface area (TPSA) is 96.9 Å². The van der Waals surface area contributed by atoms with Gasteiger partial charge in [-0.3, -0.25) is 9.69 Å². The Balaban J connectivity index is 1.68. The highest BCUT2D eigenvalue weighted by Gasteiger charge is 2.29. The molecular formula is C26H31ClF5N5O3. The third-order valence-electron chi connectivity index (χ3n) is 6.33. The molecule has 0 atom stereocenters. The number of hydrogen-bond acceptors (Lipinski definition) is 5. The van der Waals surface area contributed by atoms with E-state index in [1.54, 1.807) is 24.8 Å². The van der Waals surface area contributed by atoms with Crippen LogP contribution in [-0.4, -0.2) is 73.0 Å². The van der Waals surface area contributed by atoms with Crippen LogP contribution >= 0.6 is 11.6 Å². The number of amides is 3. The molecule has 0 aliphatic carbocycles. The Bertz CT molecular complexity index is 1220. The number of aliphatic hydroxyl groups is 1. The third kappa shape index (κ3) is 8.67. The molecule has 1 aliphatic heterocycles. The quantitative estimate of drug-likeness (QED) is 0.322. The van der Waals surface area contributed by atoms with Crippen molar-refractivity contribution < 1.29 is 36.6 Å². The smallest absolute Gasteiger partial charge is 0.390 e. The third-order valence-corrected chi connectivity index (χ3v) is 6.56. The maximum Gasteiger partial charge on any atom is 0.390 e. The Morgan fingerprint density at radius 3 is 2.33 bits per heavy atom. The lowest BCUT2D eigenvalue weighted by atomic mass is 10.1. The average Bonchev–Trinajstić information content (AvgIpc) is 2.89. The van der Waals surface area contributed by atoms with Gasteiger partial charge in [-0.25, -0.2) is 13.6 Å². The molecule has 40 heavy (non-hydrogen) atoms. The number of carbonyl (C=O) groups is 2. The highest BCUT2D eigenvalue weighted by molar-refractivity contribution is 6.31. The van der Waals surface area contributed by atoms with Gasteiger partial charge in [0.2, 0.25) is 0 Å². The fraction of sp³-hybridized carbons (Fsp3) is 0.462. The molecule has 8 nitrogen and oxygen atoms in total. The van der Waals surface area contributed by atoms with Crippen molar-refractivity contribution in [3.05, 3.63) is 58.1 Å². The number of nitrogens with one attached hydrogen (secondary N) is 3. The normalized spacial score (nSPS) is 14.7. The summed E-state index contributed by atoms with van der Waals surface area (Å²) in [4.78, 5) is 28.4. The summed E-state index contributed by atoms with van der Waals surface area (Å²) in [6.45, 7) is 3.80. The van der Waals surface area contributed by atoms with Gasteiger partial charge in [0.15, 0.2) is 11.6 Å². The predicted molar refractivity (Wildman–Crippen MR) is 142 cm³/mol. The molecule has 1 heterocycles. The van der Waals surface area contributed by atoms with E-state index in [9.17, 15) is 36.6 Å². The minimum Gasteiger partial charge on any atom is -0.394 e. The maximum absolute atomic E-state index is 14.9. The molecule has 0 unspecified atom stereocenters. The molecule has 14 heteroatoms. The van der Waals surface area contributed by atoms with Crippen molar-refractivity contribution in [3.63, 3.8) is 0 Å². The molecule has 3 rings (SSSR count). The largest absolute Gasteiger partial charge is 0.394 e. The number of nitrogens with zero attached hydrogens (tertiary/aromatic N) is 2. The van der Waals surface area contributed by atoms with Crippen LogP contribution in [0, 0.1) is 11.6 Å². The molecule has 2 aromatic carbocycles. The molecule has 4 N–H and O–H groups in total. The van der Waals surface area contributed by atoms with Gasteiger partial charge in [-0.15, -0.1) is 0 Å². The van der Waals surface area contributed by atoms with Gasteiger partial charge in [-0.05, 0) is 38.1 Å². The van der Waals surface area contributed by atoms with Crippen LogP contribution in [0.15, 0.2) is 30.3 Å². The lowest BCUT2D eigenvalue weighted by molar-refractivity contribution is -0.138. The molecule has 1 fully saturated rings. The Morgan fingerprint density at radius 2 is 1.70 bits per heavy atom. The molecule has 0 aromatic heterocycles. The Labute approximate surface area is 233 Å². The zero-order valence-electron chi connectivity index (χ0n) is 22.0. The zero-order valence-corrected chi connectivity index (χ0v) is 22.7. The van der Waals surface area contributed by atoms with E-state index in [1.807, 2.05) is 4.90 Å². The Morgan fingerprint density at radius 1 is 1.02 bits per heavy atom. The van der Waals surface area contributed by atoms with Crippen molar-refractivity contribution in [1.29, 1.82) is 0 Å². The number of alkyl halides is 3. The fourth-order valence-electron chi connectivity index (χ4n) is 4.03. The highest BCUT2D eigenvalue weighted by Crippen LogP contribution is 2.31. The minimum atomic E-state index is -4.24. The van der Waals surface area contributed by atoms with Crippen molar-refractivity contribution in [2.75, 3.05) is 49.5 Å².